The van der Waals surface area contributed by atoms with Crippen molar-refractivity contribution in [3.63, 3.8) is 0 Å². The van der Waals surface area contributed by atoms with E-state index in [-0.39, 0.29) is 18.7 Å². The van der Waals surface area contributed by atoms with Crippen molar-refractivity contribution in [3.8, 4) is 11.1 Å². The van der Waals surface area contributed by atoms with Crippen molar-refractivity contribution < 1.29 is 13.6 Å². The van der Waals surface area contributed by atoms with E-state index in [1.807, 2.05) is 61.8 Å². The molecule has 0 saturated carbocycles. The molecule has 0 bridgehead atoms. The van der Waals surface area contributed by atoms with Gasteiger partial charge in [-0.05, 0) is 66.9 Å². The summed E-state index contributed by atoms with van der Waals surface area (Å²) in [6.45, 7) is 2.01. The fourth-order valence-electron chi connectivity index (χ4n) is 5.06. The lowest BCUT2D eigenvalue weighted by molar-refractivity contribution is -0.121. The molecule has 0 spiro atoms. The summed E-state index contributed by atoms with van der Waals surface area (Å²) in [4.78, 5) is 28.8. The first kappa shape index (κ1) is 24.5. The van der Waals surface area contributed by atoms with E-state index in [1.54, 1.807) is 12.4 Å². The van der Waals surface area contributed by atoms with Crippen LogP contribution in [0.1, 0.15) is 28.4 Å². The first-order valence-corrected chi connectivity index (χ1v) is 12.6. The molecule has 0 saturated heterocycles. The topological polar surface area (TPSA) is 86.5 Å². The van der Waals surface area contributed by atoms with E-state index in [1.165, 1.54) is 12.1 Å². The zero-order valence-electron chi connectivity index (χ0n) is 21.1. The monoisotopic (exact) mass is 521 g/mol. The highest BCUT2D eigenvalue weighted by molar-refractivity contribution is 5.89. The number of aromatic nitrogens is 4. The van der Waals surface area contributed by atoms with Gasteiger partial charge in [-0.25, -0.2) is 13.8 Å². The summed E-state index contributed by atoms with van der Waals surface area (Å²) >= 11 is 0. The number of aromatic amines is 2. The van der Waals surface area contributed by atoms with Crippen LogP contribution in [-0.2, 0) is 17.6 Å². The summed E-state index contributed by atoms with van der Waals surface area (Å²) in [5.41, 5.74) is 6.28. The van der Waals surface area contributed by atoms with Crippen molar-refractivity contribution in [2.24, 2.45) is 0 Å². The van der Waals surface area contributed by atoms with Gasteiger partial charge in [0, 0.05) is 58.3 Å². The average Bonchev–Trinajstić information content (AvgIpc) is 3.54. The second kappa shape index (κ2) is 10.1. The Morgan fingerprint density at radius 3 is 2.69 bits per heavy atom. The van der Waals surface area contributed by atoms with Gasteiger partial charge in [-0.1, -0.05) is 17.7 Å². The lowest BCUT2D eigenvalue weighted by Crippen LogP contribution is -2.32. The number of H-pyrrole nitrogens is 2. The summed E-state index contributed by atoms with van der Waals surface area (Å²) in [5, 5.41) is 5.01. The van der Waals surface area contributed by atoms with Gasteiger partial charge in [0.1, 0.15) is 17.3 Å². The normalized spacial score (nSPS) is 12.2. The molecule has 4 heterocycles. The fraction of sp³-hybridized carbons (Fsp3) is 0.129. The minimum Gasteiger partial charge on any atom is -0.361 e. The number of carbonyl (C=O) groups is 1. The van der Waals surface area contributed by atoms with Crippen molar-refractivity contribution in [2.75, 3.05) is 0 Å². The number of amides is 1. The smallest absolute Gasteiger partial charge is 0.225 e. The van der Waals surface area contributed by atoms with Gasteiger partial charge in [0.15, 0.2) is 0 Å². The van der Waals surface area contributed by atoms with Gasteiger partial charge in [0.2, 0.25) is 5.91 Å². The average molecular weight is 522 g/mol. The van der Waals surface area contributed by atoms with E-state index in [0.717, 1.165) is 50.3 Å². The summed E-state index contributed by atoms with van der Waals surface area (Å²) in [7, 11) is 0. The van der Waals surface area contributed by atoms with Crippen LogP contribution in [0.2, 0.25) is 0 Å². The molecule has 1 atom stereocenters. The lowest BCUT2D eigenvalue weighted by Gasteiger charge is -2.21. The Morgan fingerprint density at radius 2 is 1.85 bits per heavy atom. The van der Waals surface area contributed by atoms with Gasteiger partial charge in [-0.15, -0.1) is 0 Å². The molecule has 0 fully saturated rings. The van der Waals surface area contributed by atoms with E-state index < -0.39 is 17.7 Å². The Bertz CT molecular complexity index is 1800. The summed E-state index contributed by atoms with van der Waals surface area (Å²) in [5.74, 6) is -1.57. The molecular formula is C31H25F2N5O. The van der Waals surface area contributed by atoms with Gasteiger partial charge in [-0.2, -0.15) is 0 Å². The Labute approximate surface area is 223 Å². The number of nitrogens with zero attached hydrogens (tertiary/aromatic N) is 2. The number of hydrogen-bond acceptors (Lipinski definition) is 3. The van der Waals surface area contributed by atoms with Crippen molar-refractivity contribution in [1.82, 2.24) is 25.3 Å². The molecule has 8 heteroatoms. The quantitative estimate of drug-likeness (QED) is 0.229. The maximum absolute atomic E-state index is 14.1. The van der Waals surface area contributed by atoms with Crippen LogP contribution in [0.3, 0.4) is 0 Å². The van der Waals surface area contributed by atoms with Gasteiger partial charge in [-0.3, -0.25) is 9.78 Å². The number of halogens is 2. The summed E-state index contributed by atoms with van der Waals surface area (Å²) in [6, 6.07) is 16.4. The third kappa shape index (κ3) is 5.13. The Kier molecular flexibility index (Phi) is 6.36. The largest absolute Gasteiger partial charge is 0.361 e. The van der Waals surface area contributed by atoms with Crippen molar-refractivity contribution in [1.29, 1.82) is 0 Å². The first-order valence-electron chi connectivity index (χ1n) is 12.6. The Hall–Kier alpha value is -4.85. The number of nitrogens with one attached hydrogen (secondary N) is 3. The molecule has 194 valence electrons. The number of benzene rings is 2. The number of aryl methyl sites for hydroxylation is 1. The molecular weight excluding hydrogens is 496 g/mol. The zero-order chi connectivity index (χ0) is 26.9. The van der Waals surface area contributed by atoms with Crippen LogP contribution in [0, 0.1) is 18.6 Å². The van der Waals surface area contributed by atoms with Gasteiger partial charge >= 0.3 is 0 Å². The number of fused-ring (bicyclic) bond motifs is 2. The SMILES string of the molecule is Cc1ccc2[nH]cc(CC(=O)N[C@@H](Cc3cc(F)cc(F)c3)c3ncccc3-c3cnc4[nH]ccc4c3)c2c1. The third-order valence-electron chi connectivity index (χ3n) is 6.85. The molecule has 39 heavy (non-hydrogen) atoms. The lowest BCUT2D eigenvalue weighted by atomic mass is 9.95. The summed E-state index contributed by atoms with van der Waals surface area (Å²) in [6.07, 6.45) is 7.33. The predicted octanol–water partition coefficient (Wildman–Crippen LogP) is 6.34. The summed E-state index contributed by atoms with van der Waals surface area (Å²) < 4.78 is 28.2. The highest BCUT2D eigenvalue weighted by Crippen LogP contribution is 2.30. The molecule has 0 aliphatic rings. The zero-order valence-corrected chi connectivity index (χ0v) is 21.1. The number of hydrogen-bond donors (Lipinski definition) is 3. The van der Waals surface area contributed by atoms with Crippen molar-refractivity contribution >= 4 is 27.8 Å². The standard InChI is InChI=1S/C31H25F2N5O/c1-18-4-5-27-26(9-18)22(16-36-27)14-29(39)38-28(12-19-10-23(32)15-24(33)11-19)30-25(3-2-7-34-30)21-13-20-6-8-35-31(20)37-17-21/h2-11,13,15-17,28,36H,12,14H2,1H3,(H,35,37)(H,38,39)/t28-/m0/s1. The molecule has 6 nitrogen and oxygen atoms in total. The van der Waals surface area contributed by atoms with Gasteiger partial charge in [0.05, 0.1) is 18.2 Å². The molecule has 0 aliphatic carbocycles. The van der Waals surface area contributed by atoms with E-state index in [2.05, 4.69) is 25.3 Å². The van der Waals surface area contributed by atoms with E-state index in [4.69, 9.17) is 0 Å². The molecule has 6 rings (SSSR count). The van der Waals surface area contributed by atoms with Gasteiger partial charge in [0.25, 0.3) is 0 Å². The molecule has 4 aromatic heterocycles. The van der Waals surface area contributed by atoms with E-state index >= 15 is 0 Å². The number of pyridine rings is 2. The molecule has 3 N–H and O–H groups in total. The first-order chi connectivity index (χ1) is 18.9. The molecule has 1 amide bonds. The molecule has 0 radical (unpaired) electrons. The Balaban J connectivity index is 1.37. The highest BCUT2D eigenvalue weighted by atomic mass is 19.1. The van der Waals surface area contributed by atoms with Crippen molar-refractivity contribution in [2.45, 2.75) is 25.8 Å². The van der Waals surface area contributed by atoms with E-state index in [0.29, 0.717) is 11.3 Å². The maximum Gasteiger partial charge on any atom is 0.225 e. The molecule has 0 unspecified atom stereocenters. The predicted molar refractivity (Wildman–Crippen MR) is 147 cm³/mol. The number of rotatable bonds is 7. The van der Waals surface area contributed by atoms with Crippen LogP contribution in [0.5, 0.6) is 0 Å². The van der Waals surface area contributed by atoms with Gasteiger partial charge < -0.3 is 15.3 Å². The number of carbonyl (C=O) groups excluding carboxylic acids is 1. The minimum absolute atomic E-state index is 0.135. The molecule has 6 aromatic rings. The molecule has 2 aromatic carbocycles. The van der Waals surface area contributed by atoms with Crippen LogP contribution < -0.4 is 5.32 Å². The third-order valence-corrected chi connectivity index (χ3v) is 6.85. The second-order valence-electron chi connectivity index (χ2n) is 9.72. The van der Waals surface area contributed by atoms with Crippen LogP contribution in [0.4, 0.5) is 8.78 Å². The second-order valence-corrected chi connectivity index (χ2v) is 9.72. The van der Waals surface area contributed by atoms with Crippen LogP contribution >= 0.6 is 0 Å². The van der Waals surface area contributed by atoms with Crippen LogP contribution in [0.25, 0.3) is 33.1 Å². The van der Waals surface area contributed by atoms with Crippen molar-refractivity contribution in [3.05, 3.63) is 119 Å². The Morgan fingerprint density at radius 1 is 1.00 bits per heavy atom. The van der Waals surface area contributed by atoms with E-state index in [9.17, 15) is 13.6 Å². The highest BCUT2D eigenvalue weighted by Gasteiger charge is 2.22. The molecule has 0 aliphatic heterocycles. The van der Waals surface area contributed by atoms with Crippen LogP contribution in [0.15, 0.2) is 85.5 Å². The fourth-order valence-corrected chi connectivity index (χ4v) is 5.06. The maximum atomic E-state index is 14.1. The van der Waals surface area contributed by atoms with Crippen LogP contribution in [-0.4, -0.2) is 25.8 Å². The minimum atomic E-state index is -0.674.